The molecule has 0 radical (unpaired) electrons. The van der Waals surface area contributed by atoms with E-state index in [1.807, 2.05) is 36.4 Å². The summed E-state index contributed by atoms with van der Waals surface area (Å²) >= 11 is 6.21. The Bertz CT molecular complexity index is 1210. The SMILES string of the molecule is Cn1ncc2c(=O)[nH]c(NC(=O)c3cc(-c4ccccc4)ccc3Cl)nc21. The Hall–Kier alpha value is -3.45. The van der Waals surface area contributed by atoms with E-state index < -0.39 is 5.91 Å². The van der Waals surface area contributed by atoms with Gasteiger partial charge in [0.1, 0.15) is 5.39 Å². The predicted molar refractivity (Wildman–Crippen MR) is 104 cm³/mol. The summed E-state index contributed by atoms with van der Waals surface area (Å²) in [5.74, 6) is -0.440. The zero-order valence-corrected chi connectivity index (χ0v) is 15.0. The molecule has 0 saturated heterocycles. The second-order valence-corrected chi connectivity index (χ2v) is 6.34. The summed E-state index contributed by atoms with van der Waals surface area (Å²) in [7, 11) is 1.67. The van der Waals surface area contributed by atoms with E-state index >= 15 is 0 Å². The molecular formula is C19H14ClN5O2. The van der Waals surface area contributed by atoms with Crippen molar-refractivity contribution in [3.63, 3.8) is 0 Å². The lowest BCUT2D eigenvalue weighted by molar-refractivity contribution is 0.102. The predicted octanol–water partition coefficient (Wildman–Crippen LogP) is 3.23. The number of nitrogens with zero attached hydrogens (tertiary/aromatic N) is 3. The first-order valence-electron chi connectivity index (χ1n) is 8.11. The Labute approximate surface area is 158 Å². The lowest BCUT2D eigenvalue weighted by Crippen LogP contribution is -2.19. The molecule has 27 heavy (non-hydrogen) atoms. The fourth-order valence-corrected chi connectivity index (χ4v) is 2.98. The highest BCUT2D eigenvalue weighted by Crippen LogP contribution is 2.25. The Kier molecular flexibility index (Phi) is 4.21. The molecule has 2 heterocycles. The minimum Gasteiger partial charge on any atom is -0.292 e. The van der Waals surface area contributed by atoms with Crippen molar-refractivity contribution in [1.29, 1.82) is 0 Å². The van der Waals surface area contributed by atoms with Crippen LogP contribution in [0.2, 0.25) is 5.02 Å². The molecule has 4 aromatic rings. The number of H-pyrrole nitrogens is 1. The number of aryl methyl sites for hydroxylation is 1. The molecule has 4 rings (SSSR count). The van der Waals surface area contributed by atoms with Crippen LogP contribution in [0.15, 0.2) is 59.5 Å². The van der Waals surface area contributed by atoms with Crippen LogP contribution >= 0.6 is 11.6 Å². The number of nitrogens with one attached hydrogen (secondary N) is 2. The summed E-state index contributed by atoms with van der Waals surface area (Å²) in [5, 5.41) is 7.24. The van der Waals surface area contributed by atoms with Crippen LogP contribution in [0.5, 0.6) is 0 Å². The van der Waals surface area contributed by atoms with Crippen LogP contribution in [0.1, 0.15) is 10.4 Å². The molecule has 2 aromatic carbocycles. The van der Waals surface area contributed by atoms with Crippen molar-refractivity contribution in [2.75, 3.05) is 5.32 Å². The molecule has 1 amide bonds. The molecule has 0 bridgehead atoms. The molecule has 8 heteroatoms. The molecule has 0 unspecified atom stereocenters. The first-order valence-corrected chi connectivity index (χ1v) is 8.49. The van der Waals surface area contributed by atoms with E-state index in [-0.39, 0.29) is 17.1 Å². The minimum atomic E-state index is -0.470. The van der Waals surface area contributed by atoms with Crippen molar-refractivity contribution in [1.82, 2.24) is 19.7 Å². The number of anilines is 1. The van der Waals surface area contributed by atoms with Crippen molar-refractivity contribution < 1.29 is 4.79 Å². The van der Waals surface area contributed by atoms with Crippen LogP contribution in [0.3, 0.4) is 0 Å². The lowest BCUT2D eigenvalue weighted by Gasteiger charge is -2.09. The molecule has 2 N–H and O–H groups in total. The number of amides is 1. The maximum atomic E-state index is 12.7. The van der Waals surface area contributed by atoms with Crippen LogP contribution < -0.4 is 10.9 Å². The van der Waals surface area contributed by atoms with Crippen LogP contribution in [0, 0.1) is 0 Å². The van der Waals surface area contributed by atoms with Gasteiger partial charge >= 0.3 is 0 Å². The first kappa shape index (κ1) is 17.0. The molecule has 0 aliphatic carbocycles. The van der Waals surface area contributed by atoms with Gasteiger partial charge in [0.05, 0.1) is 16.8 Å². The Balaban J connectivity index is 1.69. The number of halogens is 1. The van der Waals surface area contributed by atoms with Crippen molar-refractivity contribution in [3.05, 3.63) is 75.7 Å². The fourth-order valence-electron chi connectivity index (χ4n) is 2.78. The normalized spacial score (nSPS) is 10.9. The van der Waals surface area contributed by atoms with E-state index in [1.165, 1.54) is 10.9 Å². The summed E-state index contributed by atoms with van der Waals surface area (Å²) in [6.07, 6.45) is 1.42. The van der Waals surface area contributed by atoms with E-state index in [4.69, 9.17) is 11.6 Å². The summed E-state index contributed by atoms with van der Waals surface area (Å²) in [5.41, 5.74) is 2.09. The molecule has 0 aliphatic heterocycles. The van der Waals surface area contributed by atoms with E-state index in [0.717, 1.165) is 11.1 Å². The van der Waals surface area contributed by atoms with Crippen molar-refractivity contribution in [3.8, 4) is 11.1 Å². The monoisotopic (exact) mass is 379 g/mol. The minimum absolute atomic E-state index is 0.0299. The van der Waals surface area contributed by atoms with Gasteiger partial charge in [0.15, 0.2) is 5.65 Å². The van der Waals surface area contributed by atoms with Crippen LogP contribution in [0.4, 0.5) is 5.95 Å². The Morgan fingerprint density at radius 2 is 1.93 bits per heavy atom. The fraction of sp³-hybridized carbons (Fsp3) is 0.0526. The Morgan fingerprint density at radius 3 is 2.70 bits per heavy atom. The number of hydrogen-bond acceptors (Lipinski definition) is 4. The lowest BCUT2D eigenvalue weighted by atomic mass is 10.0. The van der Waals surface area contributed by atoms with Gasteiger partial charge in [-0.1, -0.05) is 48.0 Å². The molecule has 7 nitrogen and oxygen atoms in total. The second-order valence-electron chi connectivity index (χ2n) is 5.93. The van der Waals surface area contributed by atoms with E-state index in [2.05, 4.69) is 20.4 Å². The van der Waals surface area contributed by atoms with Gasteiger partial charge in [-0.3, -0.25) is 24.6 Å². The number of carbonyl (C=O) groups excluding carboxylic acids is 1. The number of aromatic nitrogens is 4. The average Bonchev–Trinajstić information content (AvgIpc) is 3.04. The van der Waals surface area contributed by atoms with E-state index in [0.29, 0.717) is 16.1 Å². The van der Waals surface area contributed by atoms with E-state index in [1.54, 1.807) is 19.2 Å². The van der Waals surface area contributed by atoms with E-state index in [9.17, 15) is 9.59 Å². The maximum absolute atomic E-state index is 12.7. The number of hydrogen-bond donors (Lipinski definition) is 2. The van der Waals surface area contributed by atoms with Crippen molar-refractivity contribution in [2.24, 2.45) is 7.05 Å². The van der Waals surface area contributed by atoms with Crippen LogP contribution in [0.25, 0.3) is 22.2 Å². The van der Waals surface area contributed by atoms with Crippen LogP contribution in [-0.4, -0.2) is 25.7 Å². The third-order valence-electron chi connectivity index (χ3n) is 4.15. The second kappa shape index (κ2) is 6.69. The van der Waals surface area contributed by atoms with Crippen molar-refractivity contribution >= 4 is 34.5 Å². The van der Waals surface area contributed by atoms with Gasteiger partial charge < -0.3 is 0 Å². The third kappa shape index (κ3) is 3.20. The van der Waals surface area contributed by atoms with Gasteiger partial charge in [-0.05, 0) is 23.3 Å². The standard InChI is InChI=1S/C19H14ClN5O2/c1-25-16-14(10-21-25)18(27)24-19(22-16)23-17(26)13-9-12(7-8-15(13)20)11-5-3-2-4-6-11/h2-10H,1H3,(H2,22,23,24,26,27). The zero-order chi connectivity index (χ0) is 19.0. The molecule has 0 spiro atoms. The molecule has 0 aliphatic rings. The highest BCUT2D eigenvalue weighted by Gasteiger charge is 2.15. The molecule has 0 atom stereocenters. The summed E-state index contributed by atoms with van der Waals surface area (Å²) in [6, 6.07) is 14.9. The number of fused-ring (bicyclic) bond motifs is 1. The molecular weight excluding hydrogens is 366 g/mol. The smallest absolute Gasteiger partial charge is 0.263 e. The highest BCUT2D eigenvalue weighted by atomic mass is 35.5. The van der Waals surface area contributed by atoms with Gasteiger partial charge in [0.25, 0.3) is 11.5 Å². The number of aromatic amines is 1. The molecule has 0 fully saturated rings. The average molecular weight is 380 g/mol. The zero-order valence-electron chi connectivity index (χ0n) is 14.2. The molecule has 134 valence electrons. The number of carbonyl (C=O) groups is 1. The van der Waals surface area contributed by atoms with Crippen molar-refractivity contribution in [2.45, 2.75) is 0 Å². The molecule has 2 aromatic heterocycles. The summed E-state index contributed by atoms with van der Waals surface area (Å²) < 4.78 is 1.46. The maximum Gasteiger partial charge on any atom is 0.263 e. The third-order valence-corrected chi connectivity index (χ3v) is 4.48. The summed E-state index contributed by atoms with van der Waals surface area (Å²) in [6.45, 7) is 0. The first-order chi connectivity index (χ1) is 13.0. The van der Waals surface area contributed by atoms with Gasteiger partial charge in [-0.25, -0.2) is 0 Å². The largest absolute Gasteiger partial charge is 0.292 e. The summed E-state index contributed by atoms with van der Waals surface area (Å²) in [4.78, 5) is 31.6. The number of benzene rings is 2. The Morgan fingerprint density at radius 1 is 1.15 bits per heavy atom. The number of rotatable bonds is 3. The highest BCUT2D eigenvalue weighted by molar-refractivity contribution is 6.34. The van der Waals surface area contributed by atoms with Gasteiger partial charge in [0.2, 0.25) is 5.95 Å². The van der Waals surface area contributed by atoms with Crippen LogP contribution in [-0.2, 0) is 7.05 Å². The van der Waals surface area contributed by atoms with Gasteiger partial charge in [0, 0.05) is 7.05 Å². The molecule has 0 saturated carbocycles. The topological polar surface area (TPSA) is 92.7 Å². The van der Waals surface area contributed by atoms with Gasteiger partial charge in [-0.15, -0.1) is 0 Å². The quantitative estimate of drug-likeness (QED) is 0.571. The van der Waals surface area contributed by atoms with Gasteiger partial charge in [-0.2, -0.15) is 10.1 Å².